The van der Waals surface area contributed by atoms with Crippen LogP contribution in [0.4, 0.5) is 5.69 Å². The van der Waals surface area contributed by atoms with Crippen molar-refractivity contribution in [1.29, 1.82) is 0 Å². The van der Waals surface area contributed by atoms with E-state index in [1.54, 1.807) is 0 Å². The lowest BCUT2D eigenvalue weighted by atomic mass is 9.81. The minimum absolute atomic E-state index is 0.244. The molecule has 0 amide bonds. The Bertz CT molecular complexity index is 1220. The Kier molecular flexibility index (Phi) is 6.88. The molecule has 0 unspecified atom stereocenters. The van der Waals surface area contributed by atoms with Gasteiger partial charge in [-0.25, -0.2) is 4.79 Å². The first-order chi connectivity index (χ1) is 16.9. The van der Waals surface area contributed by atoms with Gasteiger partial charge in [-0.3, -0.25) is 4.98 Å². The van der Waals surface area contributed by atoms with Crippen LogP contribution in [0.2, 0.25) is 0 Å². The third-order valence-electron chi connectivity index (χ3n) is 6.75. The zero-order valence-corrected chi connectivity index (χ0v) is 22.2. The lowest BCUT2D eigenvalue weighted by Crippen LogP contribution is -2.39. The molecule has 1 saturated heterocycles. The van der Waals surface area contributed by atoms with Gasteiger partial charge in [0, 0.05) is 41.2 Å². The number of rotatable bonds is 6. The van der Waals surface area contributed by atoms with E-state index >= 15 is 0 Å². The number of anilines is 1. The van der Waals surface area contributed by atoms with Gasteiger partial charge in [0.2, 0.25) is 5.82 Å². The maximum absolute atomic E-state index is 12.6. The molecule has 192 valence electrons. The zero-order chi connectivity index (χ0) is 26.3. The van der Waals surface area contributed by atoms with Gasteiger partial charge in [-0.15, -0.1) is 10.2 Å². The molecule has 2 aromatic heterocycles. The van der Waals surface area contributed by atoms with E-state index in [0.717, 1.165) is 54.0 Å². The highest BCUT2D eigenvalue weighted by atomic mass is 16.5. The van der Waals surface area contributed by atoms with Crippen molar-refractivity contribution in [2.45, 2.75) is 73.0 Å². The Morgan fingerprint density at radius 3 is 2.22 bits per heavy atom. The maximum atomic E-state index is 12.6. The summed E-state index contributed by atoms with van der Waals surface area (Å²) >= 11 is 0. The monoisotopic (exact) mass is 492 g/mol. The van der Waals surface area contributed by atoms with Crippen molar-refractivity contribution >= 4 is 11.7 Å². The summed E-state index contributed by atoms with van der Waals surface area (Å²) in [4.78, 5) is 19.7. The van der Waals surface area contributed by atoms with Crippen LogP contribution in [0.25, 0.3) is 22.5 Å². The number of carboxylic acids is 1. The number of nitrogens with zero attached hydrogens (tertiary/aromatic N) is 5. The number of tetrazole rings is 1. The fourth-order valence-corrected chi connectivity index (χ4v) is 4.83. The van der Waals surface area contributed by atoms with E-state index in [9.17, 15) is 9.90 Å². The molecule has 9 heteroatoms. The average molecular weight is 493 g/mol. The van der Waals surface area contributed by atoms with Gasteiger partial charge in [0.15, 0.2) is 6.10 Å². The quantitative estimate of drug-likeness (QED) is 0.487. The highest BCUT2D eigenvalue weighted by molar-refractivity contribution is 5.88. The number of pyridine rings is 1. The molecule has 9 nitrogen and oxygen atoms in total. The number of ether oxygens (including phenoxy) is 1. The molecular weight excluding hydrogens is 456 g/mol. The van der Waals surface area contributed by atoms with Gasteiger partial charge in [0.05, 0.1) is 11.3 Å². The Morgan fingerprint density at radius 2 is 1.69 bits per heavy atom. The largest absolute Gasteiger partial charge is 0.479 e. The molecule has 2 N–H and O–H groups in total. The van der Waals surface area contributed by atoms with Gasteiger partial charge in [0.1, 0.15) is 0 Å². The average Bonchev–Trinajstić information content (AvgIpc) is 3.32. The van der Waals surface area contributed by atoms with Gasteiger partial charge >= 0.3 is 5.97 Å². The van der Waals surface area contributed by atoms with Crippen LogP contribution in [0.5, 0.6) is 0 Å². The standard InChI is InChI=1S/C27H36N6O3/c1-16-20(18-8-10-19(11-9-18)24-29-31-32-30-24)22(33-14-12-27(6,7)13-15-33)21(17(2)28-16)23(25(34)35)36-26(3,4)5/h8-11,23H,12-15H2,1-7H3,(H,34,35)(H,29,30,31,32)/t23-/m0/s1. The first-order valence-corrected chi connectivity index (χ1v) is 12.4. The predicted molar refractivity (Wildman–Crippen MR) is 139 cm³/mol. The summed E-state index contributed by atoms with van der Waals surface area (Å²) in [5, 5.41) is 24.6. The predicted octanol–water partition coefficient (Wildman–Crippen LogP) is 5.11. The molecule has 3 aromatic rings. The van der Waals surface area contributed by atoms with Gasteiger partial charge in [-0.05, 0) is 63.7 Å². The molecule has 36 heavy (non-hydrogen) atoms. The highest BCUT2D eigenvalue weighted by Crippen LogP contribution is 2.45. The summed E-state index contributed by atoms with van der Waals surface area (Å²) in [6, 6.07) is 7.91. The molecule has 0 saturated carbocycles. The minimum atomic E-state index is -1.14. The van der Waals surface area contributed by atoms with Crippen molar-refractivity contribution in [3.63, 3.8) is 0 Å². The van der Waals surface area contributed by atoms with Crippen LogP contribution in [-0.4, -0.2) is 55.4 Å². The van der Waals surface area contributed by atoms with Crippen LogP contribution in [0.1, 0.15) is 70.5 Å². The number of hydrogen-bond acceptors (Lipinski definition) is 7. The normalized spacial score (nSPS) is 16.7. The summed E-state index contributed by atoms with van der Waals surface area (Å²) < 4.78 is 6.14. The Morgan fingerprint density at radius 1 is 1.08 bits per heavy atom. The number of piperidine rings is 1. The van der Waals surface area contributed by atoms with Crippen LogP contribution in [0, 0.1) is 19.3 Å². The van der Waals surface area contributed by atoms with Crippen molar-refractivity contribution in [1.82, 2.24) is 25.6 Å². The fourth-order valence-electron chi connectivity index (χ4n) is 4.83. The number of aromatic amines is 1. The molecule has 1 atom stereocenters. The van der Waals surface area contributed by atoms with Crippen LogP contribution in [0.3, 0.4) is 0 Å². The molecule has 3 heterocycles. The van der Waals surface area contributed by atoms with Gasteiger partial charge in [0.25, 0.3) is 0 Å². The smallest absolute Gasteiger partial charge is 0.337 e. The first kappa shape index (κ1) is 25.8. The van der Waals surface area contributed by atoms with E-state index in [1.807, 2.05) is 58.9 Å². The molecule has 1 aromatic carbocycles. The SMILES string of the molecule is Cc1nc(C)c([C@H](OC(C)(C)C)C(=O)O)c(N2CCC(C)(C)CC2)c1-c1ccc(-c2nn[nH]n2)cc1. The third-order valence-corrected chi connectivity index (χ3v) is 6.75. The van der Waals surface area contributed by atoms with E-state index in [0.29, 0.717) is 17.1 Å². The van der Waals surface area contributed by atoms with Crippen LogP contribution >= 0.6 is 0 Å². The topological polar surface area (TPSA) is 117 Å². The molecule has 0 radical (unpaired) electrons. The Balaban J connectivity index is 1.92. The van der Waals surface area contributed by atoms with Gasteiger partial charge < -0.3 is 14.7 Å². The number of nitrogens with one attached hydrogen (secondary N) is 1. The summed E-state index contributed by atoms with van der Waals surface area (Å²) in [7, 11) is 0. The second-order valence-corrected chi connectivity index (χ2v) is 11.3. The molecule has 1 aliphatic heterocycles. The van der Waals surface area contributed by atoms with E-state index in [-0.39, 0.29) is 5.41 Å². The summed E-state index contributed by atoms with van der Waals surface area (Å²) in [6.45, 7) is 15.7. The van der Waals surface area contributed by atoms with Crippen molar-refractivity contribution in [2.75, 3.05) is 18.0 Å². The molecule has 1 fully saturated rings. The second-order valence-electron chi connectivity index (χ2n) is 11.3. The van der Waals surface area contributed by atoms with Crippen LogP contribution in [0.15, 0.2) is 24.3 Å². The molecular formula is C27H36N6O3. The molecule has 4 rings (SSSR count). The Hall–Kier alpha value is -3.33. The summed E-state index contributed by atoms with van der Waals surface area (Å²) in [5.74, 6) is -0.500. The van der Waals surface area contributed by atoms with E-state index in [1.165, 1.54) is 0 Å². The number of H-pyrrole nitrogens is 1. The zero-order valence-electron chi connectivity index (χ0n) is 22.2. The summed E-state index contributed by atoms with van der Waals surface area (Å²) in [5.41, 5.74) is 5.37. The molecule has 0 aliphatic carbocycles. The van der Waals surface area contributed by atoms with E-state index in [2.05, 4.69) is 39.4 Å². The van der Waals surface area contributed by atoms with E-state index < -0.39 is 17.7 Å². The Labute approximate surface area is 212 Å². The van der Waals surface area contributed by atoms with Crippen molar-refractivity contribution < 1.29 is 14.6 Å². The maximum Gasteiger partial charge on any atom is 0.337 e. The minimum Gasteiger partial charge on any atom is -0.479 e. The van der Waals surface area contributed by atoms with Crippen LogP contribution < -0.4 is 4.90 Å². The fraction of sp³-hybridized carbons (Fsp3) is 0.519. The third kappa shape index (κ3) is 5.41. The number of aromatic nitrogens is 5. The number of aliphatic carboxylic acids is 1. The molecule has 1 aliphatic rings. The number of aryl methyl sites for hydroxylation is 2. The second kappa shape index (κ2) is 9.61. The van der Waals surface area contributed by atoms with Crippen molar-refractivity contribution in [3.05, 3.63) is 41.2 Å². The van der Waals surface area contributed by atoms with Gasteiger partial charge in [-0.2, -0.15) is 5.21 Å². The molecule has 0 spiro atoms. The lowest BCUT2D eigenvalue weighted by molar-refractivity contribution is -0.160. The van der Waals surface area contributed by atoms with Crippen molar-refractivity contribution in [2.24, 2.45) is 5.41 Å². The number of carboxylic acid groups (broad SMARTS) is 1. The summed E-state index contributed by atoms with van der Waals surface area (Å²) in [6.07, 6.45) is 0.891. The van der Waals surface area contributed by atoms with E-state index in [4.69, 9.17) is 9.72 Å². The number of hydrogen-bond donors (Lipinski definition) is 2. The number of carbonyl (C=O) groups is 1. The number of benzene rings is 1. The lowest BCUT2D eigenvalue weighted by Gasteiger charge is -2.41. The highest BCUT2D eigenvalue weighted by Gasteiger charge is 2.36. The molecule has 0 bridgehead atoms. The van der Waals surface area contributed by atoms with Gasteiger partial charge in [-0.1, -0.05) is 38.1 Å². The first-order valence-electron chi connectivity index (χ1n) is 12.4. The van der Waals surface area contributed by atoms with Crippen LogP contribution in [-0.2, 0) is 9.53 Å². The van der Waals surface area contributed by atoms with Crippen molar-refractivity contribution in [3.8, 4) is 22.5 Å².